The van der Waals surface area contributed by atoms with Gasteiger partial charge < -0.3 is 49.8 Å². The van der Waals surface area contributed by atoms with Gasteiger partial charge in [-0.25, -0.2) is 0 Å². The van der Waals surface area contributed by atoms with Crippen molar-refractivity contribution in [3.63, 3.8) is 0 Å². The third kappa shape index (κ3) is 8.21. The number of hydrogen-bond acceptors (Lipinski definition) is 11. The van der Waals surface area contributed by atoms with Gasteiger partial charge >= 0.3 is 0 Å². The van der Waals surface area contributed by atoms with Gasteiger partial charge in [0.25, 0.3) is 5.91 Å². The summed E-state index contributed by atoms with van der Waals surface area (Å²) in [5, 5.41) is 49.8. The molecule has 12 heteroatoms. The summed E-state index contributed by atoms with van der Waals surface area (Å²) in [7, 11) is 1.58. The summed E-state index contributed by atoms with van der Waals surface area (Å²) in [5.74, 6) is 2.14. The molecule has 1 aliphatic rings. The third-order valence-electron chi connectivity index (χ3n) is 9.08. The number of nitrogens with one attached hydrogen (secondary N) is 2. The van der Waals surface area contributed by atoms with Crippen LogP contribution in [0, 0.1) is 0 Å². The lowest BCUT2D eigenvalue weighted by molar-refractivity contribution is 0.0935. The fourth-order valence-corrected chi connectivity index (χ4v) is 6.26. The van der Waals surface area contributed by atoms with Crippen molar-refractivity contribution in [3.8, 4) is 39.8 Å². The number of methoxy groups -OCH3 is 1. The number of fused-ring (bicyclic) bond motifs is 1. The van der Waals surface area contributed by atoms with Crippen molar-refractivity contribution in [3.05, 3.63) is 112 Å². The number of aromatic nitrogens is 1. The Bertz CT molecular complexity index is 1970. The highest BCUT2D eigenvalue weighted by atomic mass is 16.5. The molecule has 2 heterocycles. The highest BCUT2D eigenvalue weighted by molar-refractivity contribution is 6.01. The van der Waals surface area contributed by atoms with Crippen LogP contribution in [0.4, 0.5) is 5.69 Å². The predicted molar refractivity (Wildman–Crippen MR) is 194 cm³/mol. The number of para-hydroxylation sites is 1. The van der Waals surface area contributed by atoms with E-state index >= 15 is 0 Å². The Balaban J connectivity index is 0.975. The van der Waals surface area contributed by atoms with Gasteiger partial charge in [-0.3, -0.25) is 4.79 Å². The van der Waals surface area contributed by atoms with E-state index < -0.39 is 6.17 Å². The molecule has 1 unspecified atom stereocenters. The summed E-state index contributed by atoms with van der Waals surface area (Å²) in [5.41, 5.74) is 6.28. The number of benzene rings is 4. The standard InChI is InChI=1S/C40H43N3O9/c1-49-36-13-10-25(37-20-34(43-52-37)27-17-28(21-44)32(24-47)29(18-27)22-45)19-38(36)51-15-7-3-2-6-14-50-35-12-11-26(16-30(35)23-46)39-41-33-9-5-4-8-31(33)40(48)42-39/h4-5,8-13,16-20,39,41,44-47H,2-3,6-7,14-15,21-24H2,1H3,(H,42,48). The van der Waals surface area contributed by atoms with Gasteiger partial charge in [0.15, 0.2) is 17.3 Å². The molecule has 5 aromatic rings. The lowest BCUT2D eigenvalue weighted by atomic mass is 9.97. The van der Waals surface area contributed by atoms with E-state index in [0.29, 0.717) is 75.3 Å². The SMILES string of the molecule is COc1ccc(-c2cc(-c3cc(CO)c(CO)c(CO)c3)no2)cc1OCCCCCCOc1ccc(C2NC(=O)c3ccccc3N2)cc1CO. The quantitative estimate of drug-likeness (QED) is 0.0638. The number of ether oxygens (including phenoxy) is 3. The molecule has 0 bridgehead atoms. The summed E-state index contributed by atoms with van der Waals surface area (Å²) >= 11 is 0. The first kappa shape index (κ1) is 36.4. The number of amides is 1. The number of carbonyl (C=O) groups is 1. The Morgan fingerprint density at radius 1 is 0.692 bits per heavy atom. The largest absolute Gasteiger partial charge is 0.493 e. The van der Waals surface area contributed by atoms with E-state index in [2.05, 4.69) is 15.8 Å². The first-order chi connectivity index (χ1) is 25.5. The van der Waals surface area contributed by atoms with E-state index in [0.717, 1.165) is 42.5 Å². The molecule has 6 rings (SSSR count). The molecule has 12 nitrogen and oxygen atoms in total. The second-order valence-electron chi connectivity index (χ2n) is 12.4. The molecular formula is C40H43N3O9. The maximum atomic E-state index is 12.6. The molecule has 0 spiro atoms. The highest BCUT2D eigenvalue weighted by Crippen LogP contribution is 2.35. The molecule has 1 aromatic heterocycles. The molecule has 1 atom stereocenters. The Labute approximate surface area is 301 Å². The predicted octanol–water partition coefficient (Wildman–Crippen LogP) is 5.86. The number of carbonyl (C=O) groups excluding carboxylic acids is 1. The first-order valence-electron chi connectivity index (χ1n) is 17.2. The molecule has 4 aromatic carbocycles. The maximum Gasteiger partial charge on any atom is 0.255 e. The number of aliphatic hydroxyl groups excluding tert-OH is 4. The first-order valence-corrected chi connectivity index (χ1v) is 17.2. The normalized spacial score (nSPS) is 13.6. The van der Waals surface area contributed by atoms with Crippen LogP contribution in [0.15, 0.2) is 83.4 Å². The zero-order valence-electron chi connectivity index (χ0n) is 28.9. The van der Waals surface area contributed by atoms with E-state index in [9.17, 15) is 25.2 Å². The number of unbranched alkanes of at least 4 members (excludes halogenated alkanes) is 3. The van der Waals surface area contributed by atoms with E-state index in [1.807, 2.05) is 54.6 Å². The molecule has 1 amide bonds. The van der Waals surface area contributed by atoms with Gasteiger partial charge in [0.1, 0.15) is 17.6 Å². The van der Waals surface area contributed by atoms with Crippen LogP contribution in [-0.4, -0.2) is 51.8 Å². The number of rotatable bonds is 17. The van der Waals surface area contributed by atoms with E-state index in [-0.39, 0.29) is 32.3 Å². The monoisotopic (exact) mass is 709 g/mol. The second kappa shape index (κ2) is 17.2. The van der Waals surface area contributed by atoms with Crippen molar-refractivity contribution >= 4 is 11.6 Å². The number of hydrogen-bond donors (Lipinski definition) is 6. The van der Waals surface area contributed by atoms with Gasteiger partial charge in [-0.2, -0.15) is 0 Å². The van der Waals surface area contributed by atoms with Crippen molar-refractivity contribution in [2.24, 2.45) is 0 Å². The van der Waals surface area contributed by atoms with Crippen molar-refractivity contribution < 1.29 is 44.0 Å². The summed E-state index contributed by atoms with van der Waals surface area (Å²) in [4.78, 5) is 12.6. The number of anilines is 1. The summed E-state index contributed by atoms with van der Waals surface area (Å²) in [6.07, 6.45) is 3.10. The van der Waals surface area contributed by atoms with Crippen LogP contribution in [0.25, 0.3) is 22.6 Å². The summed E-state index contributed by atoms with van der Waals surface area (Å²) in [6.45, 7) is -0.0564. The number of nitrogens with zero attached hydrogens (tertiary/aromatic N) is 1. The summed E-state index contributed by atoms with van der Waals surface area (Å²) in [6, 6.07) is 23.6. The maximum absolute atomic E-state index is 12.6. The van der Waals surface area contributed by atoms with Gasteiger partial charge in [-0.1, -0.05) is 23.4 Å². The molecule has 52 heavy (non-hydrogen) atoms. The molecule has 0 fully saturated rings. The van der Waals surface area contributed by atoms with Crippen molar-refractivity contribution in [1.82, 2.24) is 10.5 Å². The molecule has 0 radical (unpaired) electrons. The lowest BCUT2D eigenvalue weighted by Gasteiger charge is -2.28. The minimum Gasteiger partial charge on any atom is -0.493 e. The van der Waals surface area contributed by atoms with Gasteiger partial charge in [0.2, 0.25) is 0 Å². The van der Waals surface area contributed by atoms with Gasteiger partial charge in [0, 0.05) is 28.4 Å². The number of aliphatic hydroxyl groups is 4. The van der Waals surface area contributed by atoms with Crippen LogP contribution in [0.5, 0.6) is 17.2 Å². The smallest absolute Gasteiger partial charge is 0.255 e. The van der Waals surface area contributed by atoms with Gasteiger partial charge in [0.05, 0.1) is 52.3 Å². The minimum absolute atomic E-state index is 0.148. The Morgan fingerprint density at radius 3 is 2.08 bits per heavy atom. The van der Waals surface area contributed by atoms with Crippen LogP contribution in [-0.2, 0) is 26.4 Å². The lowest BCUT2D eigenvalue weighted by Crippen LogP contribution is -2.38. The van der Waals surface area contributed by atoms with Gasteiger partial charge in [-0.05, 0) is 103 Å². The Hall–Kier alpha value is -5.40. The van der Waals surface area contributed by atoms with E-state index in [4.69, 9.17) is 18.7 Å². The minimum atomic E-state index is -0.410. The third-order valence-corrected chi connectivity index (χ3v) is 9.08. The second-order valence-corrected chi connectivity index (χ2v) is 12.4. The fraction of sp³-hybridized carbons (Fsp3) is 0.300. The molecular weight excluding hydrogens is 666 g/mol. The van der Waals surface area contributed by atoms with Crippen LogP contribution >= 0.6 is 0 Å². The van der Waals surface area contributed by atoms with E-state index in [1.165, 1.54) is 0 Å². The summed E-state index contributed by atoms with van der Waals surface area (Å²) < 4.78 is 23.3. The molecule has 6 N–H and O–H groups in total. The van der Waals surface area contributed by atoms with E-state index in [1.54, 1.807) is 31.4 Å². The van der Waals surface area contributed by atoms with Gasteiger partial charge in [-0.15, -0.1) is 0 Å². The Kier molecular flexibility index (Phi) is 12.0. The molecule has 0 saturated heterocycles. The van der Waals surface area contributed by atoms with Crippen molar-refractivity contribution in [1.29, 1.82) is 0 Å². The van der Waals surface area contributed by atoms with Crippen LogP contribution in [0.1, 0.15) is 70.0 Å². The fourth-order valence-electron chi connectivity index (χ4n) is 6.26. The van der Waals surface area contributed by atoms with Crippen LogP contribution < -0.4 is 24.8 Å². The molecule has 0 saturated carbocycles. The zero-order chi connectivity index (χ0) is 36.5. The molecule has 272 valence electrons. The average Bonchev–Trinajstić information content (AvgIpc) is 3.69. The van der Waals surface area contributed by atoms with Crippen LogP contribution in [0.2, 0.25) is 0 Å². The Morgan fingerprint density at radius 2 is 1.38 bits per heavy atom. The van der Waals surface area contributed by atoms with Crippen molar-refractivity contribution in [2.75, 3.05) is 25.6 Å². The molecule has 1 aliphatic heterocycles. The zero-order valence-corrected chi connectivity index (χ0v) is 28.9. The van der Waals surface area contributed by atoms with Crippen LogP contribution in [0.3, 0.4) is 0 Å². The van der Waals surface area contributed by atoms with Crippen molar-refractivity contribution in [2.45, 2.75) is 58.3 Å². The topological polar surface area (TPSA) is 176 Å². The molecule has 0 aliphatic carbocycles. The average molecular weight is 710 g/mol. The highest BCUT2D eigenvalue weighted by Gasteiger charge is 2.25.